The number of carbonyl (C=O) groups is 1. The summed E-state index contributed by atoms with van der Waals surface area (Å²) in [4.78, 5) is 17.6. The van der Waals surface area contributed by atoms with Crippen LogP contribution in [0, 0.1) is 0 Å². The fourth-order valence-electron chi connectivity index (χ4n) is 3.81. The molecule has 5 aromatic rings. The van der Waals surface area contributed by atoms with Crippen molar-refractivity contribution in [1.82, 2.24) is 24.4 Å². The molecule has 8 nitrogen and oxygen atoms in total. The molecule has 0 spiro atoms. The summed E-state index contributed by atoms with van der Waals surface area (Å²) in [7, 11) is 1.48. The topological polar surface area (TPSA) is 86.3 Å². The molecule has 3 aromatic heterocycles. The zero-order valence-electron chi connectivity index (χ0n) is 18.9. The molecule has 0 saturated carbocycles. The number of para-hydroxylation sites is 1. The number of carbonyl (C=O) groups excluding carboxylic acids is 1. The van der Waals surface area contributed by atoms with Crippen LogP contribution in [0.5, 0.6) is 5.75 Å². The minimum atomic E-state index is -2.84. The van der Waals surface area contributed by atoms with E-state index in [2.05, 4.69) is 20.5 Å². The summed E-state index contributed by atoms with van der Waals surface area (Å²) in [6.07, 6.45) is 1.50. The summed E-state index contributed by atoms with van der Waals surface area (Å²) in [5.41, 5.74) is 1.67. The highest BCUT2D eigenvalue weighted by Crippen LogP contribution is 2.32. The molecule has 0 saturated heterocycles. The molecule has 1 N–H and O–H groups in total. The molecule has 11 heteroatoms. The van der Waals surface area contributed by atoms with Crippen LogP contribution >= 0.6 is 11.6 Å². The standard InChI is InChI=1S/C25H19ClF2N6O2/c1-36-22-9-5-3-7-17(22)20-10-21(23(27)28)34-24(32-20)18(12-30-34)25(35)31-16-11-29-33(14-16)13-15-6-2-4-8-19(15)26/h2-12,14,23H,13H2,1H3,(H,31,35). The van der Waals surface area contributed by atoms with Crippen LogP contribution in [0.15, 0.2) is 73.2 Å². The number of fused-ring (bicyclic) bond motifs is 1. The zero-order valence-corrected chi connectivity index (χ0v) is 19.7. The average molecular weight is 509 g/mol. The SMILES string of the molecule is COc1ccccc1-c1cc(C(F)F)n2ncc(C(=O)Nc3cnn(Cc4ccccc4Cl)c3)c2n1. The van der Waals surface area contributed by atoms with Gasteiger partial charge >= 0.3 is 0 Å². The number of hydrogen-bond donors (Lipinski definition) is 1. The van der Waals surface area contributed by atoms with Crippen LogP contribution in [0.1, 0.15) is 28.0 Å². The van der Waals surface area contributed by atoms with Crippen molar-refractivity contribution in [3.05, 3.63) is 95.0 Å². The maximum atomic E-state index is 13.9. The van der Waals surface area contributed by atoms with E-state index in [1.807, 2.05) is 18.2 Å². The first kappa shape index (κ1) is 23.4. The number of methoxy groups -OCH3 is 1. The van der Waals surface area contributed by atoms with Gasteiger partial charge in [-0.3, -0.25) is 9.48 Å². The summed E-state index contributed by atoms with van der Waals surface area (Å²) in [6, 6.07) is 15.5. The largest absolute Gasteiger partial charge is 0.496 e. The van der Waals surface area contributed by atoms with E-state index in [0.29, 0.717) is 28.6 Å². The lowest BCUT2D eigenvalue weighted by Gasteiger charge is -2.11. The first-order valence-electron chi connectivity index (χ1n) is 10.8. The lowest BCUT2D eigenvalue weighted by Crippen LogP contribution is -2.12. The monoisotopic (exact) mass is 508 g/mol. The molecule has 182 valence electrons. The van der Waals surface area contributed by atoms with E-state index in [4.69, 9.17) is 16.3 Å². The Bertz CT molecular complexity index is 1570. The minimum absolute atomic E-state index is 0.00494. The number of ether oxygens (including phenoxy) is 1. The van der Waals surface area contributed by atoms with Crippen molar-refractivity contribution in [2.24, 2.45) is 0 Å². The van der Waals surface area contributed by atoms with Gasteiger partial charge in [0.25, 0.3) is 12.3 Å². The zero-order chi connectivity index (χ0) is 25.2. The molecule has 5 rings (SSSR count). The van der Waals surface area contributed by atoms with Crippen LogP contribution in [-0.2, 0) is 6.54 Å². The predicted octanol–water partition coefficient (Wildman–Crippen LogP) is 5.49. The van der Waals surface area contributed by atoms with Gasteiger partial charge in [-0.15, -0.1) is 0 Å². The van der Waals surface area contributed by atoms with E-state index in [1.54, 1.807) is 41.2 Å². The van der Waals surface area contributed by atoms with Gasteiger partial charge in [0.05, 0.1) is 37.4 Å². The van der Waals surface area contributed by atoms with E-state index in [0.717, 1.165) is 10.1 Å². The first-order chi connectivity index (χ1) is 17.4. The molecule has 36 heavy (non-hydrogen) atoms. The number of halogens is 3. The molecule has 3 heterocycles. The molecule has 0 radical (unpaired) electrons. The Labute approximate surface area is 209 Å². The Hall–Kier alpha value is -4.31. The Morgan fingerprint density at radius 1 is 1.11 bits per heavy atom. The number of hydrogen-bond acceptors (Lipinski definition) is 5. The maximum Gasteiger partial charge on any atom is 0.280 e. The average Bonchev–Trinajstić information content (AvgIpc) is 3.51. The Morgan fingerprint density at radius 2 is 1.89 bits per heavy atom. The van der Waals surface area contributed by atoms with Crippen molar-refractivity contribution in [3.8, 4) is 17.0 Å². The molecular weight excluding hydrogens is 490 g/mol. The highest BCUT2D eigenvalue weighted by Gasteiger charge is 2.23. The van der Waals surface area contributed by atoms with E-state index in [1.165, 1.54) is 25.6 Å². The van der Waals surface area contributed by atoms with Gasteiger partial charge < -0.3 is 10.1 Å². The number of anilines is 1. The lowest BCUT2D eigenvalue weighted by atomic mass is 10.1. The molecular formula is C25H19ClF2N6O2. The van der Waals surface area contributed by atoms with Crippen LogP contribution in [0.2, 0.25) is 5.02 Å². The fraction of sp³-hybridized carbons (Fsp3) is 0.120. The summed E-state index contributed by atoms with van der Waals surface area (Å²) >= 11 is 6.21. The summed E-state index contributed by atoms with van der Waals surface area (Å²) in [6.45, 7) is 0.411. The molecule has 0 fully saturated rings. The molecule has 0 atom stereocenters. The summed E-state index contributed by atoms with van der Waals surface area (Å²) in [5, 5.41) is 11.6. The first-order valence-corrected chi connectivity index (χ1v) is 11.2. The van der Waals surface area contributed by atoms with E-state index in [-0.39, 0.29) is 16.9 Å². The van der Waals surface area contributed by atoms with Crippen molar-refractivity contribution < 1.29 is 18.3 Å². The van der Waals surface area contributed by atoms with Gasteiger partial charge in [0.2, 0.25) is 0 Å². The van der Waals surface area contributed by atoms with E-state index < -0.39 is 18.0 Å². The number of rotatable bonds is 7. The van der Waals surface area contributed by atoms with E-state index >= 15 is 0 Å². The lowest BCUT2D eigenvalue weighted by molar-refractivity contribution is 0.102. The Kier molecular flexibility index (Phi) is 6.34. The van der Waals surface area contributed by atoms with Gasteiger partial charge in [-0.2, -0.15) is 10.2 Å². The van der Waals surface area contributed by atoms with Gasteiger partial charge in [-0.1, -0.05) is 41.9 Å². The molecule has 0 aliphatic carbocycles. The molecule has 0 aliphatic rings. The van der Waals surface area contributed by atoms with Crippen LogP contribution in [0.25, 0.3) is 16.9 Å². The number of amides is 1. The number of benzene rings is 2. The molecule has 0 unspecified atom stereocenters. The van der Waals surface area contributed by atoms with Crippen LogP contribution in [0.4, 0.5) is 14.5 Å². The Morgan fingerprint density at radius 3 is 2.67 bits per heavy atom. The van der Waals surface area contributed by atoms with Gasteiger partial charge in [0.15, 0.2) is 5.65 Å². The molecule has 2 aromatic carbocycles. The quantitative estimate of drug-likeness (QED) is 0.314. The number of nitrogens with zero attached hydrogens (tertiary/aromatic N) is 5. The number of alkyl halides is 2. The van der Waals surface area contributed by atoms with E-state index in [9.17, 15) is 13.6 Å². The minimum Gasteiger partial charge on any atom is -0.496 e. The van der Waals surface area contributed by atoms with Crippen molar-refractivity contribution in [2.75, 3.05) is 12.4 Å². The summed E-state index contributed by atoms with van der Waals surface area (Å²) < 4.78 is 35.8. The second-order valence-electron chi connectivity index (χ2n) is 7.83. The van der Waals surface area contributed by atoms with Gasteiger partial charge in [0, 0.05) is 16.8 Å². The van der Waals surface area contributed by atoms with Crippen LogP contribution < -0.4 is 10.1 Å². The molecule has 0 aliphatic heterocycles. The van der Waals surface area contributed by atoms with Gasteiger partial charge in [-0.25, -0.2) is 18.3 Å². The highest BCUT2D eigenvalue weighted by atomic mass is 35.5. The maximum absolute atomic E-state index is 13.9. The fourth-order valence-corrected chi connectivity index (χ4v) is 4.01. The summed E-state index contributed by atoms with van der Waals surface area (Å²) in [5.74, 6) is -0.0989. The molecule has 0 bridgehead atoms. The Balaban J connectivity index is 1.47. The highest BCUT2D eigenvalue weighted by molar-refractivity contribution is 6.31. The molecule has 1 amide bonds. The number of aromatic nitrogens is 5. The predicted molar refractivity (Wildman–Crippen MR) is 131 cm³/mol. The van der Waals surface area contributed by atoms with Crippen molar-refractivity contribution in [2.45, 2.75) is 13.0 Å². The second kappa shape index (κ2) is 9.74. The second-order valence-corrected chi connectivity index (χ2v) is 8.24. The number of nitrogens with one attached hydrogen (secondary N) is 1. The van der Waals surface area contributed by atoms with Crippen LogP contribution in [0.3, 0.4) is 0 Å². The third-order valence-electron chi connectivity index (χ3n) is 5.53. The normalized spacial score (nSPS) is 11.2. The van der Waals surface area contributed by atoms with Crippen molar-refractivity contribution >= 4 is 28.8 Å². The van der Waals surface area contributed by atoms with Gasteiger partial charge in [-0.05, 0) is 29.8 Å². The third kappa shape index (κ3) is 4.50. The smallest absolute Gasteiger partial charge is 0.280 e. The van der Waals surface area contributed by atoms with Crippen LogP contribution in [-0.4, -0.2) is 37.4 Å². The van der Waals surface area contributed by atoms with Gasteiger partial charge in [0.1, 0.15) is 17.0 Å². The third-order valence-corrected chi connectivity index (χ3v) is 5.90. The van der Waals surface area contributed by atoms with Crippen molar-refractivity contribution in [3.63, 3.8) is 0 Å². The van der Waals surface area contributed by atoms with Crippen molar-refractivity contribution in [1.29, 1.82) is 0 Å².